The minimum atomic E-state index is -0.995. The van der Waals surface area contributed by atoms with Crippen LogP contribution in [-0.4, -0.2) is 28.3 Å². The molecular formula is C17H13BrClN3O4. The fourth-order valence-corrected chi connectivity index (χ4v) is 3.07. The summed E-state index contributed by atoms with van der Waals surface area (Å²) >= 11 is 9.31. The van der Waals surface area contributed by atoms with E-state index < -0.39 is 17.6 Å². The number of nitrogens with zero attached hydrogens (tertiary/aromatic N) is 3. The fourth-order valence-electron chi connectivity index (χ4n) is 2.68. The third-order valence-electron chi connectivity index (χ3n) is 3.89. The van der Waals surface area contributed by atoms with Gasteiger partial charge in [-0.05, 0) is 35.4 Å². The Kier molecular flexibility index (Phi) is 5.53. The van der Waals surface area contributed by atoms with Crippen LogP contribution in [0.4, 0.5) is 0 Å². The van der Waals surface area contributed by atoms with Crippen molar-refractivity contribution in [3.63, 3.8) is 0 Å². The normalized spacial score (nSPS) is 16.3. The predicted molar refractivity (Wildman–Crippen MR) is 99.3 cm³/mol. The van der Waals surface area contributed by atoms with Gasteiger partial charge in [-0.2, -0.15) is 5.10 Å². The van der Waals surface area contributed by atoms with Gasteiger partial charge in [0.15, 0.2) is 6.61 Å². The number of benzene rings is 2. The molecule has 1 aliphatic heterocycles. The summed E-state index contributed by atoms with van der Waals surface area (Å²) in [5.41, 5.74) is 2.42. The second kappa shape index (κ2) is 7.84. The topological polar surface area (TPSA) is 85.0 Å². The number of halogens is 2. The highest BCUT2D eigenvalue weighted by atomic mass is 79.9. The van der Waals surface area contributed by atoms with Gasteiger partial charge < -0.3 is 4.84 Å². The van der Waals surface area contributed by atoms with Crippen LogP contribution in [0.3, 0.4) is 0 Å². The smallest absolute Gasteiger partial charge is 0.295 e. The first kappa shape index (κ1) is 18.3. The molecule has 0 aromatic heterocycles. The summed E-state index contributed by atoms with van der Waals surface area (Å²) in [6.45, 7) is -0.686. The summed E-state index contributed by atoms with van der Waals surface area (Å²) in [5.74, 6) is -0.589. The van der Waals surface area contributed by atoms with Gasteiger partial charge in [-0.3, -0.25) is 4.79 Å². The Morgan fingerprint density at radius 1 is 1.27 bits per heavy atom. The molecule has 0 bridgehead atoms. The molecule has 0 fully saturated rings. The number of hydrogen-bond donors (Lipinski definition) is 0. The maximum absolute atomic E-state index is 12.4. The Hall–Kier alpha value is -2.45. The van der Waals surface area contributed by atoms with Crippen LogP contribution < -0.4 is 0 Å². The molecule has 26 heavy (non-hydrogen) atoms. The van der Waals surface area contributed by atoms with Gasteiger partial charge in [0.1, 0.15) is 0 Å². The predicted octanol–water partition coefficient (Wildman–Crippen LogP) is 3.99. The Labute approximate surface area is 162 Å². The molecule has 3 rings (SSSR count). The van der Waals surface area contributed by atoms with Gasteiger partial charge in [-0.25, -0.2) is 5.01 Å². The highest BCUT2D eigenvalue weighted by Gasteiger charge is 2.33. The first-order valence-corrected chi connectivity index (χ1v) is 8.79. The first-order chi connectivity index (χ1) is 12.4. The van der Waals surface area contributed by atoms with E-state index in [0.29, 0.717) is 17.2 Å². The van der Waals surface area contributed by atoms with Crippen molar-refractivity contribution in [2.75, 3.05) is 6.61 Å². The van der Waals surface area contributed by atoms with Gasteiger partial charge >= 0.3 is 0 Å². The molecule has 1 amide bonds. The fraction of sp³-hybridized carbons (Fsp3) is 0.176. The van der Waals surface area contributed by atoms with Crippen LogP contribution >= 0.6 is 27.5 Å². The largest absolute Gasteiger partial charge is 0.304 e. The molecule has 7 nitrogen and oxygen atoms in total. The van der Waals surface area contributed by atoms with Crippen molar-refractivity contribution in [2.24, 2.45) is 5.10 Å². The highest BCUT2D eigenvalue weighted by Crippen LogP contribution is 2.33. The molecule has 0 saturated carbocycles. The third kappa shape index (κ3) is 4.20. The van der Waals surface area contributed by atoms with Crippen LogP contribution in [0.5, 0.6) is 0 Å². The quantitative estimate of drug-likeness (QED) is 0.522. The van der Waals surface area contributed by atoms with Crippen molar-refractivity contribution in [1.82, 2.24) is 5.01 Å². The van der Waals surface area contributed by atoms with Gasteiger partial charge in [0.25, 0.3) is 11.0 Å². The molecule has 1 aliphatic rings. The second-order valence-electron chi connectivity index (χ2n) is 5.56. The molecule has 134 valence electrons. The maximum Gasteiger partial charge on any atom is 0.295 e. The van der Waals surface area contributed by atoms with Crippen LogP contribution in [0, 0.1) is 10.1 Å². The van der Waals surface area contributed by atoms with E-state index in [1.54, 1.807) is 12.1 Å². The summed E-state index contributed by atoms with van der Waals surface area (Å²) < 4.78 is 0.932. The van der Waals surface area contributed by atoms with E-state index in [2.05, 4.69) is 25.9 Å². The summed E-state index contributed by atoms with van der Waals surface area (Å²) in [4.78, 5) is 27.0. The summed E-state index contributed by atoms with van der Waals surface area (Å²) in [7, 11) is 0. The van der Waals surface area contributed by atoms with Crippen molar-refractivity contribution in [1.29, 1.82) is 0 Å². The Bertz CT molecular complexity index is 855. The average Bonchev–Trinajstić information content (AvgIpc) is 3.06. The van der Waals surface area contributed by atoms with Gasteiger partial charge in [-0.15, -0.1) is 10.1 Å². The minimum absolute atomic E-state index is 0.381. The number of rotatable bonds is 5. The molecule has 9 heteroatoms. The van der Waals surface area contributed by atoms with Crippen molar-refractivity contribution < 1.29 is 14.7 Å². The first-order valence-electron chi connectivity index (χ1n) is 7.62. The number of carbonyl (C=O) groups excluding carboxylic acids is 1. The molecule has 1 atom stereocenters. The number of amides is 1. The molecule has 1 unspecified atom stereocenters. The van der Waals surface area contributed by atoms with Crippen molar-refractivity contribution >= 4 is 39.1 Å². The molecule has 0 N–H and O–H groups in total. The average molecular weight is 439 g/mol. The van der Waals surface area contributed by atoms with Crippen LogP contribution in [0.15, 0.2) is 58.1 Å². The molecule has 0 aliphatic carbocycles. The molecule has 2 aromatic carbocycles. The van der Waals surface area contributed by atoms with Gasteiger partial charge in [0.05, 0.1) is 11.8 Å². The molecular weight excluding hydrogens is 426 g/mol. The lowest BCUT2D eigenvalue weighted by molar-refractivity contribution is -0.754. The zero-order valence-corrected chi connectivity index (χ0v) is 15.7. The maximum atomic E-state index is 12.4. The van der Waals surface area contributed by atoms with E-state index in [0.717, 1.165) is 15.6 Å². The SMILES string of the molecule is O=C(CO[N+](=O)[O-])N1N=C(c2ccc(Br)cc2)CC1c1ccc(Cl)cc1. The van der Waals surface area contributed by atoms with E-state index in [4.69, 9.17) is 11.6 Å². The minimum Gasteiger partial charge on any atom is -0.304 e. The number of hydrazone groups is 1. The van der Waals surface area contributed by atoms with Crippen LogP contribution in [0.1, 0.15) is 23.6 Å². The van der Waals surface area contributed by atoms with E-state index in [-0.39, 0.29) is 6.04 Å². The van der Waals surface area contributed by atoms with E-state index in [1.807, 2.05) is 36.4 Å². The van der Waals surface area contributed by atoms with Crippen molar-refractivity contribution in [3.8, 4) is 0 Å². The van der Waals surface area contributed by atoms with Crippen molar-refractivity contribution in [3.05, 3.63) is 79.3 Å². The molecule has 0 saturated heterocycles. The lowest BCUT2D eigenvalue weighted by atomic mass is 9.98. The van der Waals surface area contributed by atoms with Crippen LogP contribution in [0.2, 0.25) is 5.02 Å². The van der Waals surface area contributed by atoms with Crippen LogP contribution in [0.25, 0.3) is 0 Å². The highest BCUT2D eigenvalue weighted by molar-refractivity contribution is 9.10. The molecule has 0 radical (unpaired) electrons. The molecule has 1 heterocycles. The Balaban J connectivity index is 1.89. The summed E-state index contributed by atoms with van der Waals surface area (Å²) in [5, 5.41) is 15.6. The van der Waals surface area contributed by atoms with Gasteiger partial charge in [0.2, 0.25) is 0 Å². The number of carbonyl (C=O) groups is 1. The van der Waals surface area contributed by atoms with E-state index >= 15 is 0 Å². The Morgan fingerprint density at radius 2 is 1.92 bits per heavy atom. The lowest BCUT2D eigenvalue weighted by Gasteiger charge is -2.21. The second-order valence-corrected chi connectivity index (χ2v) is 6.91. The monoisotopic (exact) mass is 437 g/mol. The standard InChI is InChI=1S/C17H13BrClN3O4/c18-13-5-1-11(2-6-13)15-9-16(12-3-7-14(19)8-4-12)21(20-15)17(23)10-26-22(24)25/h1-8,16H,9-10H2. The van der Waals surface area contributed by atoms with Gasteiger partial charge in [-0.1, -0.05) is 51.8 Å². The van der Waals surface area contributed by atoms with Gasteiger partial charge in [0, 0.05) is 15.9 Å². The lowest BCUT2D eigenvalue weighted by Crippen LogP contribution is -2.31. The zero-order valence-electron chi connectivity index (χ0n) is 13.3. The van der Waals surface area contributed by atoms with E-state index in [9.17, 15) is 14.9 Å². The van der Waals surface area contributed by atoms with Crippen molar-refractivity contribution in [2.45, 2.75) is 12.5 Å². The molecule has 2 aromatic rings. The number of hydrogen-bond acceptors (Lipinski definition) is 5. The van der Waals surface area contributed by atoms with Crippen LogP contribution in [-0.2, 0) is 9.63 Å². The Morgan fingerprint density at radius 3 is 2.54 bits per heavy atom. The van der Waals surface area contributed by atoms with E-state index in [1.165, 1.54) is 5.01 Å². The summed E-state index contributed by atoms with van der Waals surface area (Å²) in [6, 6.07) is 14.2. The zero-order chi connectivity index (χ0) is 18.7. The summed E-state index contributed by atoms with van der Waals surface area (Å²) in [6.07, 6.45) is 0.480. The third-order valence-corrected chi connectivity index (χ3v) is 4.67. The molecule has 0 spiro atoms.